The van der Waals surface area contributed by atoms with Crippen molar-refractivity contribution in [3.8, 4) is 0 Å². The molecule has 0 spiro atoms. The Morgan fingerprint density at radius 2 is 1.55 bits per heavy atom. The number of esters is 1. The van der Waals surface area contributed by atoms with Crippen LogP contribution in [0.4, 0.5) is 0 Å². The maximum Gasteiger partial charge on any atom is 0.358 e. The second-order valence-corrected chi connectivity index (χ2v) is 21.3. The lowest BCUT2D eigenvalue weighted by atomic mass is 9.98. The molecule has 0 fully saturated rings. The third-order valence-electron chi connectivity index (χ3n) is 7.21. The van der Waals surface area contributed by atoms with E-state index in [-0.39, 0.29) is 22.4 Å². The topological polar surface area (TPSA) is 66.4 Å². The van der Waals surface area contributed by atoms with Gasteiger partial charge in [0.2, 0.25) is 0 Å². The predicted octanol–water partition coefficient (Wildman–Crippen LogP) is 6.46. The Morgan fingerprint density at radius 1 is 1.00 bits per heavy atom. The lowest BCUT2D eigenvalue weighted by molar-refractivity contribution is -0.135. The number of hydrogen-bond acceptors (Lipinski definition) is 6. The first-order valence-corrected chi connectivity index (χ1v) is 17.6. The second-order valence-electron chi connectivity index (χ2n) is 11.8. The average molecular weight is 494 g/mol. The van der Waals surface area contributed by atoms with Gasteiger partial charge in [-0.15, -0.1) is 0 Å². The quantitative estimate of drug-likeness (QED) is 0.307. The SMILES string of the molecule is CCOC(=O)C1=NO[C@@H]([C@@H](O[Si](C)(C)C(C)(C)C)c2ccccc2)[C@@H]1O[Si](C)(C)C(C)(C)C. The van der Waals surface area contributed by atoms with Gasteiger partial charge in [0.25, 0.3) is 0 Å². The molecule has 8 heteroatoms. The van der Waals surface area contributed by atoms with Gasteiger partial charge in [-0.3, -0.25) is 0 Å². The van der Waals surface area contributed by atoms with Gasteiger partial charge in [-0.1, -0.05) is 77.0 Å². The van der Waals surface area contributed by atoms with Crippen LogP contribution in [0.5, 0.6) is 0 Å². The second kappa shape index (κ2) is 10.0. The van der Waals surface area contributed by atoms with Crippen LogP contribution in [-0.2, 0) is 23.2 Å². The molecule has 1 aliphatic rings. The molecule has 0 saturated carbocycles. The van der Waals surface area contributed by atoms with Crippen molar-refractivity contribution in [1.29, 1.82) is 0 Å². The van der Waals surface area contributed by atoms with Crippen molar-refractivity contribution in [3.63, 3.8) is 0 Å². The van der Waals surface area contributed by atoms with E-state index in [0.717, 1.165) is 5.56 Å². The molecule has 2 rings (SSSR count). The molecule has 0 aliphatic carbocycles. The van der Waals surface area contributed by atoms with Crippen LogP contribution in [0, 0.1) is 0 Å². The number of ether oxygens (including phenoxy) is 1. The third-order valence-corrected chi connectivity index (χ3v) is 16.1. The summed E-state index contributed by atoms with van der Waals surface area (Å²) in [4.78, 5) is 18.8. The first-order valence-electron chi connectivity index (χ1n) is 11.8. The number of rotatable bonds is 8. The maximum atomic E-state index is 12.8. The summed E-state index contributed by atoms with van der Waals surface area (Å²) in [6.07, 6.45) is -1.69. The molecule has 0 amide bonds. The highest BCUT2D eigenvalue weighted by atomic mass is 28.4. The van der Waals surface area contributed by atoms with Gasteiger partial charge in [-0.05, 0) is 48.8 Å². The largest absolute Gasteiger partial charge is 0.461 e. The van der Waals surface area contributed by atoms with Gasteiger partial charge < -0.3 is 18.4 Å². The van der Waals surface area contributed by atoms with Crippen LogP contribution >= 0.6 is 0 Å². The molecule has 0 radical (unpaired) electrons. The van der Waals surface area contributed by atoms with Crippen LogP contribution in [0.1, 0.15) is 60.1 Å². The summed E-state index contributed by atoms with van der Waals surface area (Å²) in [7, 11) is -4.48. The number of carbonyl (C=O) groups excluding carboxylic acids is 1. The molecule has 6 nitrogen and oxygen atoms in total. The molecule has 3 atom stereocenters. The van der Waals surface area contributed by atoms with Crippen LogP contribution in [0.2, 0.25) is 36.3 Å². The van der Waals surface area contributed by atoms with E-state index in [4.69, 9.17) is 18.4 Å². The Bertz CT molecular complexity index is 841. The van der Waals surface area contributed by atoms with Gasteiger partial charge in [0.15, 0.2) is 28.5 Å². The highest BCUT2D eigenvalue weighted by molar-refractivity contribution is 6.74. The minimum atomic E-state index is -2.28. The number of carbonyl (C=O) groups is 1. The van der Waals surface area contributed by atoms with E-state index >= 15 is 0 Å². The molecule has 1 aromatic rings. The molecular formula is C25H43NO5Si2. The van der Waals surface area contributed by atoms with Gasteiger partial charge in [0.05, 0.1) is 6.61 Å². The summed E-state index contributed by atoms with van der Waals surface area (Å²) < 4.78 is 19.0. The lowest BCUT2D eigenvalue weighted by Crippen LogP contribution is -2.52. The van der Waals surface area contributed by atoms with E-state index in [2.05, 4.69) is 72.9 Å². The van der Waals surface area contributed by atoms with E-state index < -0.39 is 40.9 Å². The third kappa shape index (κ3) is 6.35. The summed E-state index contributed by atoms with van der Waals surface area (Å²) in [6, 6.07) is 10.0. The summed E-state index contributed by atoms with van der Waals surface area (Å²) >= 11 is 0. The standard InChI is InChI=1S/C25H43NO5Si2/c1-12-28-23(27)19-21(31-33(10,11)25(5,6)7)22(29-26-19)20(18-16-14-13-15-17-18)30-32(8,9)24(2,3)4/h13-17,20-22H,12H2,1-11H3/t20-,21+,22-/m0/s1. The molecule has 1 aliphatic heterocycles. The monoisotopic (exact) mass is 493 g/mol. The summed E-state index contributed by atoms with van der Waals surface area (Å²) in [5.74, 6) is -0.497. The number of nitrogens with zero attached hydrogens (tertiary/aromatic N) is 1. The minimum Gasteiger partial charge on any atom is -0.461 e. The van der Waals surface area contributed by atoms with E-state index in [1.54, 1.807) is 6.92 Å². The van der Waals surface area contributed by atoms with Crippen LogP contribution in [0.25, 0.3) is 0 Å². The Labute approximate surface area is 202 Å². The Balaban J connectivity index is 2.54. The zero-order valence-corrected chi connectivity index (χ0v) is 24.3. The first-order chi connectivity index (χ1) is 15.0. The van der Waals surface area contributed by atoms with E-state index in [0.29, 0.717) is 0 Å². The van der Waals surface area contributed by atoms with Gasteiger partial charge in [-0.25, -0.2) is 4.79 Å². The summed E-state index contributed by atoms with van der Waals surface area (Å²) in [6.45, 7) is 24.0. The van der Waals surface area contributed by atoms with Crippen molar-refractivity contribution < 1.29 is 23.2 Å². The average Bonchev–Trinajstić information content (AvgIpc) is 3.08. The fourth-order valence-corrected chi connectivity index (χ4v) is 5.52. The van der Waals surface area contributed by atoms with Gasteiger partial charge in [0.1, 0.15) is 12.2 Å². The zero-order valence-electron chi connectivity index (χ0n) is 22.3. The minimum absolute atomic E-state index is 0.000747. The number of hydrogen-bond donors (Lipinski definition) is 0. The molecule has 186 valence electrons. The van der Waals surface area contributed by atoms with E-state index in [1.807, 2.05) is 30.3 Å². The molecule has 0 aromatic heterocycles. The molecule has 1 aromatic carbocycles. The predicted molar refractivity (Wildman–Crippen MR) is 138 cm³/mol. The molecule has 0 N–H and O–H groups in total. The molecule has 1 heterocycles. The molecule has 0 unspecified atom stereocenters. The maximum absolute atomic E-state index is 12.8. The number of oxime groups is 1. The molecule has 0 saturated heterocycles. The summed E-state index contributed by atoms with van der Waals surface area (Å²) in [5.41, 5.74) is 1.17. The fourth-order valence-electron chi connectivity index (χ4n) is 3.03. The van der Waals surface area contributed by atoms with E-state index in [1.165, 1.54) is 0 Å². The normalized spacial score (nSPS) is 20.8. The van der Waals surface area contributed by atoms with Crippen LogP contribution in [0.3, 0.4) is 0 Å². The van der Waals surface area contributed by atoms with Crippen molar-refractivity contribution in [2.75, 3.05) is 6.61 Å². The van der Waals surface area contributed by atoms with Crippen molar-refractivity contribution in [1.82, 2.24) is 0 Å². The highest BCUT2D eigenvalue weighted by Gasteiger charge is 2.52. The molecule has 0 bridgehead atoms. The van der Waals surface area contributed by atoms with Crippen molar-refractivity contribution >= 4 is 28.3 Å². The number of benzene rings is 1. The van der Waals surface area contributed by atoms with Crippen LogP contribution < -0.4 is 0 Å². The Hall–Kier alpha value is -1.49. The van der Waals surface area contributed by atoms with Crippen molar-refractivity contribution in [3.05, 3.63) is 35.9 Å². The van der Waals surface area contributed by atoms with Gasteiger partial charge in [-0.2, -0.15) is 0 Å². The van der Waals surface area contributed by atoms with Crippen molar-refractivity contribution in [2.45, 2.75) is 103 Å². The first kappa shape index (κ1) is 27.8. The smallest absolute Gasteiger partial charge is 0.358 e. The summed E-state index contributed by atoms with van der Waals surface area (Å²) in [5, 5.41) is 4.14. The zero-order chi connectivity index (χ0) is 25.2. The van der Waals surface area contributed by atoms with E-state index in [9.17, 15) is 4.79 Å². The van der Waals surface area contributed by atoms with Crippen LogP contribution in [0.15, 0.2) is 35.5 Å². The Morgan fingerprint density at radius 3 is 2.03 bits per heavy atom. The fraction of sp³-hybridized carbons (Fsp3) is 0.680. The van der Waals surface area contributed by atoms with Gasteiger partial charge >= 0.3 is 5.97 Å². The lowest BCUT2D eigenvalue weighted by Gasteiger charge is -2.43. The molecular weight excluding hydrogens is 450 g/mol. The van der Waals surface area contributed by atoms with Gasteiger partial charge in [0, 0.05) is 0 Å². The van der Waals surface area contributed by atoms with Crippen LogP contribution in [-0.4, -0.2) is 47.1 Å². The Kier molecular flexibility index (Phi) is 8.42. The molecule has 33 heavy (non-hydrogen) atoms. The van der Waals surface area contributed by atoms with Crippen molar-refractivity contribution in [2.24, 2.45) is 5.16 Å². The highest BCUT2D eigenvalue weighted by Crippen LogP contribution is 2.44.